The summed E-state index contributed by atoms with van der Waals surface area (Å²) in [6.45, 7) is 5.84. The molecule has 2 aromatic rings. The van der Waals surface area contributed by atoms with E-state index in [1.807, 2.05) is 6.07 Å². The van der Waals surface area contributed by atoms with E-state index in [1.54, 1.807) is 7.11 Å². The minimum absolute atomic E-state index is 0.325. The highest BCUT2D eigenvalue weighted by Gasteiger charge is 2.33. The maximum Gasteiger partial charge on any atom is 0.231 e. The van der Waals surface area contributed by atoms with Gasteiger partial charge in [-0.1, -0.05) is 25.1 Å². The lowest BCUT2D eigenvalue weighted by Crippen LogP contribution is -2.23. The average Bonchev–Trinajstić information content (AvgIpc) is 3.35. The normalized spacial score (nSPS) is 21.6. The number of methoxy groups -OCH3 is 1. The van der Waals surface area contributed by atoms with Crippen LogP contribution in [0.2, 0.25) is 0 Å². The summed E-state index contributed by atoms with van der Waals surface area (Å²) in [5.74, 6) is 3.12. The van der Waals surface area contributed by atoms with E-state index in [0.29, 0.717) is 32.0 Å². The van der Waals surface area contributed by atoms with Crippen molar-refractivity contribution in [1.29, 1.82) is 0 Å². The Morgan fingerprint density at radius 1 is 1.00 bits per heavy atom. The molecule has 2 aliphatic rings. The van der Waals surface area contributed by atoms with E-state index in [2.05, 4.69) is 48.2 Å². The number of nitrogens with zero attached hydrogens (tertiary/aromatic N) is 1. The summed E-state index contributed by atoms with van der Waals surface area (Å²) in [7, 11) is 1.68. The molecule has 5 nitrogen and oxygen atoms in total. The first-order chi connectivity index (χ1) is 13.3. The van der Waals surface area contributed by atoms with Crippen LogP contribution in [0.25, 0.3) is 0 Å². The predicted molar refractivity (Wildman–Crippen MR) is 104 cm³/mol. The number of rotatable bonds is 7. The smallest absolute Gasteiger partial charge is 0.231 e. The molecule has 5 heteroatoms. The van der Waals surface area contributed by atoms with Gasteiger partial charge in [0.05, 0.1) is 6.61 Å². The van der Waals surface area contributed by atoms with Crippen molar-refractivity contribution < 1.29 is 18.9 Å². The molecule has 0 saturated carbocycles. The van der Waals surface area contributed by atoms with E-state index >= 15 is 0 Å². The molecular weight excluding hydrogens is 342 g/mol. The van der Waals surface area contributed by atoms with Crippen LogP contribution in [0.3, 0.4) is 0 Å². The summed E-state index contributed by atoms with van der Waals surface area (Å²) < 4.78 is 21.7. The third-order valence-corrected chi connectivity index (χ3v) is 5.50. The quantitative estimate of drug-likeness (QED) is 0.690. The summed E-state index contributed by atoms with van der Waals surface area (Å²) in [6, 6.07) is 15.3. The molecule has 0 radical (unpaired) electrons. The Morgan fingerprint density at radius 3 is 2.56 bits per heavy atom. The highest BCUT2D eigenvalue weighted by atomic mass is 16.7. The fourth-order valence-corrected chi connectivity index (χ4v) is 4.04. The van der Waals surface area contributed by atoms with Crippen molar-refractivity contribution >= 4 is 0 Å². The van der Waals surface area contributed by atoms with Crippen molar-refractivity contribution in [3.05, 3.63) is 53.6 Å². The maximum atomic E-state index is 5.69. The molecule has 0 aliphatic carbocycles. The zero-order valence-corrected chi connectivity index (χ0v) is 16.0. The molecule has 2 heterocycles. The SMILES string of the molecule is CCN1C[C@H](c2ccc3c(c2)OCO3)C[C@@H]1c1ccc(OCCOC)cc1. The molecule has 4 rings (SSSR count). The molecule has 0 N–H and O–H groups in total. The van der Waals surface area contributed by atoms with Gasteiger partial charge in [0.2, 0.25) is 6.79 Å². The van der Waals surface area contributed by atoms with E-state index in [1.165, 1.54) is 11.1 Å². The molecule has 144 valence electrons. The van der Waals surface area contributed by atoms with Crippen molar-refractivity contribution in [2.45, 2.75) is 25.3 Å². The average molecular weight is 369 g/mol. The minimum atomic E-state index is 0.325. The number of likely N-dealkylation sites (N-methyl/N-ethyl adjacent to an activating group) is 1. The third-order valence-electron chi connectivity index (χ3n) is 5.50. The molecule has 27 heavy (non-hydrogen) atoms. The standard InChI is InChI=1S/C22H27NO4/c1-3-23-14-18(17-6-9-21-22(13-17)27-15-26-21)12-20(23)16-4-7-19(8-5-16)25-11-10-24-2/h4-9,13,18,20H,3,10-12,14-15H2,1-2H3/t18-,20-/m1/s1. The Balaban J connectivity index is 1.46. The molecule has 0 bridgehead atoms. The first-order valence-corrected chi connectivity index (χ1v) is 9.63. The van der Waals surface area contributed by atoms with Gasteiger partial charge in [-0.2, -0.15) is 0 Å². The van der Waals surface area contributed by atoms with Gasteiger partial charge in [-0.3, -0.25) is 4.90 Å². The predicted octanol–water partition coefficient (Wildman–Crippen LogP) is 3.99. The Hall–Kier alpha value is -2.24. The van der Waals surface area contributed by atoms with E-state index in [9.17, 15) is 0 Å². The Labute approximate surface area is 160 Å². The second-order valence-electron chi connectivity index (χ2n) is 7.06. The number of ether oxygens (including phenoxy) is 4. The molecule has 0 spiro atoms. The Morgan fingerprint density at radius 2 is 1.78 bits per heavy atom. The van der Waals surface area contributed by atoms with Crippen molar-refractivity contribution in [2.75, 3.05) is 40.2 Å². The number of hydrogen-bond donors (Lipinski definition) is 0. The monoisotopic (exact) mass is 369 g/mol. The van der Waals surface area contributed by atoms with Gasteiger partial charge < -0.3 is 18.9 Å². The number of likely N-dealkylation sites (tertiary alicyclic amines) is 1. The summed E-state index contributed by atoms with van der Waals surface area (Å²) >= 11 is 0. The van der Waals surface area contributed by atoms with Gasteiger partial charge in [-0.15, -0.1) is 0 Å². The Bertz CT molecular complexity index is 761. The molecular formula is C22H27NO4. The van der Waals surface area contributed by atoms with Gasteiger partial charge in [0, 0.05) is 19.7 Å². The van der Waals surface area contributed by atoms with E-state index < -0.39 is 0 Å². The number of benzene rings is 2. The maximum absolute atomic E-state index is 5.69. The van der Waals surface area contributed by atoms with E-state index in [-0.39, 0.29) is 0 Å². The first kappa shape index (κ1) is 18.1. The van der Waals surface area contributed by atoms with Crippen LogP contribution in [0.4, 0.5) is 0 Å². The zero-order chi connectivity index (χ0) is 18.6. The van der Waals surface area contributed by atoms with Crippen LogP contribution in [0.15, 0.2) is 42.5 Å². The van der Waals surface area contributed by atoms with Crippen LogP contribution in [-0.2, 0) is 4.74 Å². The number of fused-ring (bicyclic) bond motifs is 1. The lowest BCUT2D eigenvalue weighted by Gasteiger charge is -2.23. The van der Waals surface area contributed by atoms with Crippen molar-refractivity contribution in [3.63, 3.8) is 0 Å². The lowest BCUT2D eigenvalue weighted by molar-refractivity contribution is 0.146. The molecule has 0 aromatic heterocycles. The van der Waals surface area contributed by atoms with Gasteiger partial charge in [0.25, 0.3) is 0 Å². The molecule has 1 saturated heterocycles. The molecule has 2 aliphatic heterocycles. The molecule has 0 unspecified atom stereocenters. The second-order valence-corrected chi connectivity index (χ2v) is 7.06. The van der Waals surface area contributed by atoms with Crippen molar-refractivity contribution in [1.82, 2.24) is 4.90 Å². The summed E-state index contributed by atoms with van der Waals surface area (Å²) in [5, 5.41) is 0. The zero-order valence-electron chi connectivity index (χ0n) is 16.0. The fourth-order valence-electron chi connectivity index (χ4n) is 4.04. The summed E-state index contributed by atoms with van der Waals surface area (Å²) in [6.07, 6.45) is 1.11. The molecule has 2 aromatic carbocycles. The van der Waals surface area contributed by atoms with Crippen LogP contribution in [0.1, 0.15) is 36.4 Å². The van der Waals surface area contributed by atoms with Gasteiger partial charge >= 0.3 is 0 Å². The van der Waals surface area contributed by atoms with Crippen molar-refractivity contribution in [3.8, 4) is 17.2 Å². The summed E-state index contributed by atoms with van der Waals surface area (Å²) in [4.78, 5) is 2.55. The van der Waals surface area contributed by atoms with Crippen LogP contribution in [0, 0.1) is 0 Å². The highest BCUT2D eigenvalue weighted by Crippen LogP contribution is 2.43. The van der Waals surface area contributed by atoms with Gasteiger partial charge in [-0.05, 0) is 54.3 Å². The largest absolute Gasteiger partial charge is 0.491 e. The summed E-state index contributed by atoms with van der Waals surface area (Å²) in [5.41, 5.74) is 2.68. The first-order valence-electron chi connectivity index (χ1n) is 9.63. The van der Waals surface area contributed by atoms with Gasteiger partial charge in [0.15, 0.2) is 11.5 Å². The minimum Gasteiger partial charge on any atom is -0.491 e. The molecule has 1 fully saturated rings. The van der Waals surface area contributed by atoms with Crippen LogP contribution in [-0.4, -0.2) is 45.1 Å². The Kier molecular flexibility index (Phi) is 5.50. The van der Waals surface area contributed by atoms with Crippen LogP contribution >= 0.6 is 0 Å². The van der Waals surface area contributed by atoms with Gasteiger partial charge in [-0.25, -0.2) is 0 Å². The molecule has 0 amide bonds. The highest BCUT2D eigenvalue weighted by molar-refractivity contribution is 5.46. The van der Waals surface area contributed by atoms with E-state index in [0.717, 1.165) is 36.8 Å². The third kappa shape index (κ3) is 3.89. The second kappa shape index (κ2) is 8.19. The lowest BCUT2D eigenvalue weighted by atomic mass is 9.93. The van der Waals surface area contributed by atoms with Crippen LogP contribution in [0.5, 0.6) is 17.2 Å². The van der Waals surface area contributed by atoms with Crippen molar-refractivity contribution in [2.24, 2.45) is 0 Å². The molecule has 2 atom stereocenters. The van der Waals surface area contributed by atoms with Crippen LogP contribution < -0.4 is 14.2 Å². The topological polar surface area (TPSA) is 40.2 Å². The fraction of sp³-hybridized carbons (Fsp3) is 0.455. The van der Waals surface area contributed by atoms with Gasteiger partial charge in [0.1, 0.15) is 12.4 Å². The number of hydrogen-bond acceptors (Lipinski definition) is 5. The van der Waals surface area contributed by atoms with E-state index in [4.69, 9.17) is 18.9 Å².